The highest BCUT2D eigenvalue weighted by Crippen LogP contribution is 2.16. The maximum absolute atomic E-state index is 11.3. The van der Waals surface area contributed by atoms with Crippen LogP contribution in [0.2, 0.25) is 0 Å². The predicted octanol–water partition coefficient (Wildman–Crippen LogP) is 0.667. The van der Waals surface area contributed by atoms with Crippen LogP contribution < -0.4 is 0 Å². The summed E-state index contributed by atoms with van der Waals surface area (Å²) in [4.78, 5) is 0.706. The Hall–Kier alpha value is -0.840. The molecule has 0 atom stereocenters. The summed E-state index contributed by atoms with van der Waals surface area (Å²) in [7, 11) is 0. The van der Waals surface area contributed by atoms with Crippen molar-refractivity contribution in [1.29, 1.82) is 5.41 Å². The van der Waals surface area contributed by atoms with E-state index in [1.54, 1.807) is 18.2 Å². The third-order valence-corrected chi connectivity index (χ3v) is 3.22. The van der Waals surface area contributed by atoms with Gasteiger partial charge in [0.1, 0.15) is 5.55 Å². The molecule has 0 aliphatic heterocycles. The summed E-state index contributed by atoms with van der Waals surface area (Å²) in [6.07, 6.45) is 0. The van der Waals surface area contributed by atoms with E-state index in [4.69, 9.17) is 10.5 Å². The zero-order chi connectivity index (χ0) is 9.84. The zero-order valence-electron chi connectivity index (χ0n) is 7.37. The van der Waals surface area contributed by atoms with Crippen molar-refractivity contribution in [3.05, 3.63) is 29.3 Å². The fraction of sp³-hybridized carbons (Fsp3) is 0.222. The smallest absolute Gasteiger partial charge is 0.125 e. The van der Waals surface area contributed by atoms with Crippen molar-refractivity contribution in [2.24, 2.45) is 0 Å². The first kappa shape index (κ1) is 10.2. The Balaban J connectivity index is 3.04. The molecule has 1 aromatic carbocycles. The van der Waals surface area contributed by atoms with Crippen LogP contribution in [0.4, 0.5) is 0 Å². The van der Waals surface area contributed by atoms with Crippen LogP contribution in [0.3, 0.4) is 0 Å². The summed E-state index contributed by atoms with van der Waals surface area (Å²) in [5.41, 5.74) is 2.66. The number of rotatable bonds is 3. The van der Waals surface area contributed by atoms with E-state index in [1.807, 2.05) is 6.92 Å². The minimum Gasteiger partial charge on any atom is -0.679 e. The van der Waals surface area contributed by atoms with E-state index in [9.17, 15) is 4.55 Å². The molecule has 13 heavy (non-hydrogen) atoms. The lowest BCUT2D eigenvalue weighted by atomic mass is 10.1. The van der Waals surface area contributed by atoms with Gasteiger partial charge in [-0.1, -0.05) is 6.07 Å². The van der Waals surface area contributed by atoms with E-state index in [-0.39, 0.29) is 6.61 Å². The Morgan fingerprint density at radius 3 is 2.77 bits per heavy atom. The standard InChI is InChI=1S/C9H13NO2S/c1-7-4-8(5-11)2-3-9(7)13(12)6-10/h2-4,6,10-11H,5,13H2,1H3. The Bertz CT molecular complexity index is 314. The molecule has 0 unspecified atom stereocenters. The normalized spacial score (nSPS) is 11.2. The molecule has 1 rings (SSSR count). The van der Waals surface area contributed by atoms with E-state index < -0.39 is 11.2 Å². The molecule has 2 N–H and O–H groups in total. The number of aliphatic hydroxyl groups is 1. The van der Waals surface area contributed by atoms with E-state index >= 15 is 0 Å². The second-order valence-corrected chi connectivity index (χ2v) is 4.37. The van der Waals surface area contributed by atoms with Crippen LogP contribution in [0.15, 0.2) is 23.1 Å². The van der Waals surface area contributed by atoms with Crippen LogP contribution in [0.25, 0.3) is 0 Å². The van der Waals surface area contributed by atoms with Crippen LogP contribution >= 0.6 is 0 Å². The SMILES string of the molecule is Cc1cc(CO)ccc1[SH2+]([O-])C=N. The van der Waals surface area contributed by atoms with Gasteiger partial charge in [0.15, 0.2) is 0 Å². The molecule has 0 saturated heterocycles. The van der Waals surface area contributed by atoms with Crippen LogP contribution in [0.1, 0.15) is 11.1 Å². The molecule has 0 aliphatic rings. The molecule has 0 saturated carbocycles. The third kappa shape index (κ3) is 2.30. The van der Waals surface area contributed by atoms with Gasteiger partial charge in [0, 0.05) is 0 Å². The van der Waals surface area contributed by atoms with Crippen molar-refractivity contribution in [2.45, 2.75) is 18.4 Å². The van der Waals surface area contributed by atoms with Gasteiger partial charge in [-0.25, -0.2) is 11.2 Å². The Labute approximate surface area is 80.1 Å². The van der Waals surface area contributed by atoms with Crippen molar-refractivity contribution < 1.29 is 9.66 Å². The topological polar surface area (TPSA) is 67.1 Å². The average molecular weight is 199 g/mol. The molecular weight excluding hydrogens is 186 g/mol. The van der Waals surface area contributed by atoms with Crippen molar-refractivity contribution in [3.63, 3.8) is 0 Å². The largest absolute Gasteiger partial charge is 0.679 e. The molecule has 0 fully saturated rings. The highest BCUT2D eigenvalue weighted by molar-refractivity contribution is 8.04. The van der Waals surface area contributed by atoms with Crippen LogP contribution in [0, 0.1) is 12.3 Å². The summed E-state index contributed by atoms with van der Waals surface area (Å²) in [6, 6.07) is 5.24. The van der Waals surface area contributed by atoms with E-state index in [0.717, 1.165) is 16.7 Å². The van der Waals surface area contributed by atoms with Crippen LogP contribution in [0.5, 0.6) is 0 Å². The number of hydrogen-bond donors (Lipinski definition) is 2. The van der Waals surface area contributed by atoms with Gasteiger partial charge in [-0.05, 0) is 30.2 Å². The molecule has 0 aromatic heterocycles. The Kier molecular flexibility index (Phi) is 3.48. The molecular formula is C9H13NO2S. The molecule has 0 amide bonds. The number of benzene rings is 1. The monoisotopic (exact) mass is 199 g/mol. The molecule has 1 aromatic rings. The summed E-state index contributed by atoms with van der Waals surface area (Å²) >= 11 is -2.05. The zero-order valence-corrected chi connectivity index (χ0v) is 8.37. The first-order chi connectivity index (χ1) is 6.19. The predicted molar refractivity (Wildman–Crippen MR) is 55.1 cm³/mol. The Morgan fingerprint density at radius 2 is 2.31 bits per heavy atom. The summed E-state index contributed by atoms with van der Waals surface area (Å²) in [6.45, 7) is 1.83. The van der Waals surface area contributed by atoms with Gasteiger partial charge in [-0.2, -0.15) is 0 Å². The van der Waals surface area contributed by atoms with Gasteiger partial charge in [0.05, 0.1) is 11.5 Å². The fourth-order valence-electron chi connectivity index (χ4n) is 1.18. The second-order valence-electron chi connectivity index (χ2n) is 2.82. The average Bonchev–Trinajstić information content (AvgIpc) is 2.16. The van der Waals surface area contributed by atoms with Crippen molar-refractivity contribution in [1.82, 2.24) is 0 Å². The lowest BCUT2D eigenvalue weighted by Crippen LogP contribution is -2.03. The van der Waals surface area contributed by atoms with Crippen molar-refractivity contribution in [2.75, 3.05) is 0 Å². The lowest BCUT2D eigenvalue weighted by molar-refractivity contribution is 0.281. The molecule has 0 heterocycles. The van der Waals surface area contributed by atoms with E-state index in [0.29, 0.717) is 4.90 Å². The lowest BCUT2D eigenvalue weighted by Gasteiger charge is -2.17. The van der Waals surface area contributed by atoms with Gasteiger partial charge >= 0.3 is 0 Å². The number of aryl methyl sites for hydroxylation is 1. The summed E-state index contributed by atoms with van der Waals surface area (Å²) in [5, 5.41) is 15.7. The molecule has 72 valence electrons. The first-order valence-electron chi connectivity index (χ1n) is 3.94. The fourth-order valence-corrected chi connectivity index (χ4v) is 2.04. The van der Waals surface area contributed by atoms with Gasteiger partial charge in [-0.15, -0.1) is 0 Å². The van der Waals surface area contributed by atoms with Crippen LogP contribution in [-0.2, 0) is 17.8 Å². The number of hydrogen-bond acceptors (Lipinski definition) is 3. The quantitative estimate of drug-likeness (QED) is 0.427. The number of aliphatic hydroxyl groups excluding tert-OH is 1. The molecule has 3 nitrogen and oxygen atoms in total. The maximum Gasteiger partial charge on any atom is 0.125 e. The van der Waals surface area contributed by atoms with Gasteiger partial charge < -0.3 is 9.66 Å². The Morgan fingerprint density at radius 1 is 1.62 bits per heavy atom. The summed E-state index contributed by atoms with van der Waals surface area (Å²) < 4.78 is 11.3. The van der Waals surface area contributed by atoms with E-state index in [1.165, 1.54) is 0 Å². The first-order valence-corrected chi connectivity index (χ1v) is 5.42. The van der Waals surface area contributed by atoms with Crippen molar-refractivity contribution >= 4 is 16.7 Å². The van der Waals surface area contributed by atoms with E-state index in [2.05, 4.69) is 0 Å². The molecule has 0 bridgehead atoms. The van der Waals surface area contributed by atoms with Gasteiger partial charge in [0.2, 0.25) is 0 Å². The molecule has 4 heteroatoms. The molecule has 0 aliphatic carbocycles. The highest BCUT2D eigenvalue weighted by Gasteiger charge is 2.03. The van der Waals surface area contributed by atoms with Crippen molar-refractivity contribution in [3.8, 4) is 0 Å². The highest BCUT2D eigenvalue weighted by atomic mass is 32.2. The third-order valence-electron chi connectivity index (χ3n) is 1.87. The second kappa shape index (κ2) is 4.41. The minimum atomic E-state index is -2.05. The maximum atomic E-state index is 11.3. The summed E-state index contributed by atoms with van der Waals surface area (Å²) in [5.74, 6) is 0. The molecule has 0 spiro atoms. The van der Waals surface area contributed by atoms with Gasteiger partial charge in [-0.3, -0.25) is 5.41 Å². The molecule has 0 radical (unpaired) electrons. The van der Waals surface area contributed by atoms with Gasteiger partial charge in [0.25, 0.3) is 0 Å². The number of nitrogens with one attached hydrogen (secondary N) is 1. The van der Waals surface area contributed by atoms with Crippen LogP contribution in [-0.4, -0.2) is 15.2 Å². The minimum absolute atomic E-state index is 0.00730.